The quantitative estimate of drug-likeness (QED) is 0.678. The largest absolute Gasteiger partial charge is 0.338 e. The smallest absolute Gasteiger partial charge is 0.239 e. The summed E-state index contributed by atoms with van der Waals surface area (Å²) in [5.41, 5.74) is 0.853. The average molecular weight is 329 g/mol. The van der Waals surface area contributed by atoms with Crippen molar-refractivity contribution in [1.82, 2.24) is 24.9 Å². The van der Waals surface area contributed by atoms with Crippen LogP contribution >= 0.6 is 11.8 Å². The molecule has 1 aromatic carbocycles. The maximum atomic E-state index is 5.37. The summed E-state index contributed by atoms with van der Waals surface area (Å²) < 4.78 is 7.13. The van der Waals surface area contributed by atoms with Crippen LogP contribution in [0.1, 0.15) is 44.7 Å². The SMILES string of the molecule is CC(Sc1ncn(-c2ccccc2)n1)c1nc(C(C)(C)C)no1. The molecule has 0 fully saturated rings. The normalized spacial score (nSPS) is 13.2. The standard InChI is InChI=1S/C16H19N5OS/c1-11(13-18-14(20-22-13)16(2,3)4)23-15-17-10-21(19-15)12-8-6-5-7-9-12/h5-11H,1-4H3. The van der Waals surface area contributed by atoms with Gasteiger partial charge >= 0.3 is 0 Å². The van der Waals surface area contributed by atoms with E-state index >= 15 is 0 Å². The van der Waals surface area contributed by atoms with E-state index in [1.54, 1.807) is 11.0 Å². The van der Waals surface area contributed by atoms with E-state index in [1.165, 1.54) is 11.8 Å². The maximum Gasteiger partial charge on any atom is 0.239 e. The number of thioether (sulfide) groups is 1. The van der Waals surface area contributed by atoms with Crippen LogP contribution in [-0.4, -0.2) is 24.9 Å². The van der Waals surface area contributed by atoms with E-state index in [0.717, 1.165) is 5.69 Å². The highest BCUT2D eigenvalue weighted by Crippen LogP contribution is 2.32. The zero-order valence-electron chi connectivity index (χ0n) is 13.6. The van der Waals surface area contributed by atoms with Gasteiger partial charge in [0, 0.05) is 5.41 Å². The van der Waals surface area contributed by atoms with Crippen molar-refractivity contribution in [2.24, 2.45) is 0 Å². The van der Waals surface area contributed by atoms with Crippen molar-refractivity contribution in [1.29, 1.82) is 0 Å². The summed E-state index contributed by atoms with van der Waals surface area (Å²) in [6.45, 7) is 8.18. The number of para-hydroxylation sites is 1. The van der Waals surface area contributed by atoms with Gasteiger partial charge in [-0.25, -0.2) is 9.67 Å². The average Bonchev–Trinajstić information content (AvgIpc) is 3.17. The Morgan fingerprint density at radius 3 is 2.57 bits per heavy atom. The topological polar surface area (TPSA) is 69.6 Å². The van der Waals surface area contributed by atoms with Crippen molar-refractivity contribution in [2.45, 2.75) is 43.5 Å². The fourth-order valence-electron chi connectivity index (χ4n) is 1.92. The van der Waals surface area contributed by atoms with E-state index in [4.69, 9.17) is 4.52 Å². The molecule has 2 heterocycles. The van der Waals surface area contributed by atoms with Gasteiger partial charge in [0.15, 0.2) is 5.82 Å². The van der Waals surface area contributed by atoms with E-state index in [-0.39, 0.29) is 10.7 Å². The van der Waals surface area contributed by atoms with Gasteiger partial charge in [0.25, 0.3) is 0 Å². The van der Waals surface area contributed by atoms with Crippen molar-refractivity contribution in [2.75, 3.05) is 0 Å². The fraction of sp³-hybridized carbons (Fsp3) is 0.375. The molecule has 0 bridgehead atoms. The molecule has 2 aromatic heterocycles. The number of rotatable bonds is 4. The minimum atomic E-state index is -0.126. The van der Waals surface area contributed by atoms with Crippen molar-refractivity contribution in [3.05, 3.63) is 48.4 Å². The van der Waals surface area contributed by atoms with Crippen LogP contribution in [0, 0.1) is 0 Å². The molecule has 0 saturated heterocycles. The summed E-state index contributed by atoms with van der Waals surface area (Å²) in [5, 5.41) is 9.21. The monoisotopic (exact) mass is 329 g/mol. The molecule has 3 aromatic rings. The van der Waals surface area contributed by atoms with Gasteiger partial charge in [-0.05, 0) is 19.1 Å². The van der Waals surface area contributed by atoms with Crippen molar-refractivity contribution in [3.63, 3.8) is 0 Å². The highest BCUT2D eigenvalue weighted by Gasteiger charge is 2.24. The molecule has 1 atom stereocenters. The van der Waals surface area contributed by atoms with Gasteiger partial charge in [0.05, 0.1) is 10.9 Å². The zero-order chi connectivity index (χ0) is 16.4. The molecule has 1 unspecified atom stereocenters. The summed E-state index contributed by atoms with van der Waals surface area (Å²) in [6, 6.07) is 9.89. The van der Waals surface area contributed by atoms with E-state index in [9.17, 15) is 0 Å². The molecule has 6 nitrogen and oxygen atoms in total. The maximum absolute atomic E-state index is 5.37. The Bertz CT molecular complexity index is 775. The van der Waals surface area contributed by atoms with Gasteiger partial charge in [0.1, 0.15) is 6.33 Å². The summed E-state index contributed by atoms with van der Waals surface area (Å²) in [4.78, 5) is 8.82. The number of hydrogen-bond acceptors (Lipinski definition) is 6. The van der Waals surface area contributed by atoms with E-state index in [0.29, 0.717) is 16.9 Å². The third kappa shape index (κ3) is 3.61. The Kier molecular flexibility index (Phi) is 4.21. The van der Waals surface area contributed by atoms with Gasteiger partial charge in [-0.1, -0.05) is 55.9 Å². The van der Waals surface area contributed by atoms with Gasteiger partial charge in [-0.2, -0.15) is 4.98 Å². The van der Waals surface area contributed by atoms with Crippen molar-refractivity contribution < 1.29 is 4.52 Å². The van der Waals surface area contributed by atoms with Gasteiger partial charge in [-0.3, -0.25) is 0 Å². The summed E-state index contributed by atoms with van der Waals surface area (Å²) in [6.07, 6.45) is 1.71. The van der Waals surface area contributed by atoms with Crippen LogP contribution in [0.3, 0.4) is 0 Å². The van der Waals surface area contributed by atoms with Gasteiger partial charge < -0.3 is 4.52 Å². The molecule has 0 spiro atoms. The number of nitrogens with zero attached hydrogens (tertiary/aromatic N) is 5. The molecule has 3 rings (SSSR count). The molecular formula is C16H19N5OS. The lowest BCUT2D eigenvalue weighted by Gasteiger charge is -2.11. The Morgan fingerprint density at radius 1 is 1.17 bits per heavy atom. The van der Waals surface area contributed by atoms with Crippen molar-refractivity contribution >= 4 is 11.8 Å². The second-order valence-electron chi connectivity index (χ2n) is 6.27. The molecule has 0 aliphatic rings. The first-order valence-electron chi connectivity index (χ1n) is 7.41. The minimum Gasteiger partial charge on any atom is -0.338 e. The molecule has 7 heteroatoms. The summed E-state index contributed by atoms with van der Waals surface area (Å²) in [5.74, 6) is 1.30. The lowest BCUT2D eigenvalue weighted by atomic mass is 9.96. The highest BCUT2D eigenvalue weighted by atomic mass is 32.2. The Hall–Kier alpha value is -2.15. The molecular weight excluding hydrogens is 310 g/mol. The summed E-state index contributed by atoms with van der Waals surface area (Å²) in [7, 11) is 0. The number of hydrogen-bond donors (Lipinski definition) is 0. The Labute approximate surface area is 139 Å². The molecule has 0 radical (unpaired) electrons. The zero-order valence-corrected chi connectivity index (χ0v) is 14.4. The van der Waals surface area contributed by atoms with Gasteiger partial charge in [0.2, 0.25) is 11.0 Å². The van der Waals surface area contributed by atoms with Crippen LogP contribution in [0.5, 0.6) is 0 Å². The second kappa shape index (κ2) is 6.16. The molecule has 0 aliphatic carbocycles. The van der Waals surface area contributed by atoms with Crippen molar-refractivity contribution in [3.8, 4) is 5.69 Å². The third-order valence-electron chi connectivity index (χ3n) is 3.23. The molecule has 23 heavy (non-hydrogen) atoms. The van der Waals surface area contributed by atoms with Crippen LogP contribution in [-0.2, 0) is 5.41 Å². The molecule has 0 amide bonds. The van der Waals surface area contributed by atoms with Gasteiger partial charge in [-0.15, -0.1) is 5.10 Å². The van der Waals surface area contributed by atoms with Crippen LogP contribution in [0.2, 0.25) is 0 Å². The fourth-order valence-corrected chi connectivity index (χ4v) is 2.68. The van der Waals surface area contributed by atoms with E-state index in [2.05, 4.69) is 41.0 Å². The molecule has 0 saturated carbocycles. The lowest BCUT2D eigenvalue weighted by Crippen LogP contribution is -2.13. The molecule has 0 N–H and O–H groups in total. The predicted octanol–water partition coefficient (Wildman–Crippen LogP) is 3.80. The van der Waals surface area contributed by atoms with Crippen LogP contribution in [0.4, 0.5) is 0 Å². The minimum absolute atomic E-state index is 0.00905. The van der Waals surface area contributed by atoms with E-state index in [1.807, 2.05) is 37.3 Å². The first-order valence-corrected chi connectivity index (χ1v) is 8.29. The second-order valence-corrected chi connectivity index (χ2v) is 7.58. The summed E-state index contributed by atoms with van der Waals surface area (Å²) >= 11 is 1.50. The van der Waals surface area contributed by atoms with Crippen LogP contribution in [0.15, 0.2) is 46.3 Å². The first-order chi connectivity index (χ1) is 10.9. The first kappa shape index (κ1) is 15.7. The predicted molar refractivity (Wildman–Crippen MR) is 88.6 cm³/mol. The lowest BCUT2D eigenvalue weighted by molar-refractivity contribution is 0.364. The van der Waals surface area contributed by atoms with Crippen LogP contribution < -0.4 is 0 Å². The molecule has 120 valence electrons. The van der Waals surface area contributed by atoms with Crippen LogP contribution in [0.25, 0.3) is 5.69 Å². The Balaban J connectivity index is 1.72. The highest BCUT2D eigenvalue weighted by molar-refractivity contribution is 7.99. The Morgan fingerprint density at radius 2 is 1.91 bits per heavy atom. The van der Waals surface area contributed by atoms with E-state index < -0.39 is 0 Å². The molecule has 0 aliphatic heterocycles. The number of benzene rings is 1. The number of aromatic nitrogens is 5. The third-order valence-corrected chi connectivity index (χ3v) is 4.19.